The van der Waals surface area contributed by atoms with Gasteiger partial charge in [0.15, 0.2) is 0 Å². The van der Waals surface area contributed by atoms with Crippen LogP contribution >= 0.6 is 0 Å². The minimum Gasteiger partial charge on any atom is -0.464 e. The molecule has 0 aromatic heterocycles. The van der Waals surface area contributed by atoms with Gasteiger partial charge in [-0.15, -0.1) is 0 Å². The van der Waals surface area contributed by atoms with Gasteiger partial charge >= 0.3 is 5.97 Å². The maximum atomic E-state index is 11.9. The van der Waals surface area contributed by atoms with Crippen LogP contribution < -0.4 is 5.32 Å². The number of carbonyl (C=O) groups is 2. The lowest BCUT2D eigenvalue weighted by Gasteiger charge is -2.28. The maximum Gasteiger partial charge on any atom is 0.331 e. The maximum absolute atomic E-state index is 11.9. The van der Waals surface area contributed by atoms with Crippen LogP contribution in [0.4, 0.5) is 0 Å². The highest BCUT2D eigenvalue weighted by Gasteiger charge is 2.49. The van der Waals surface area contributed by atoms with Crippen LogP contribution in [0.1, 0.15) is 40.5 Å². The highest BCUT2D eigenvalue weighted by atomic mass is 16.5. The molecule has 16 heavy (non-hydrogen) atoms. The molecule has 1 saturated carbocycles. The normalized spacial score (nSPS) is 19.1. The van der Waals surface area contributed by atoms with Crippen molar-refractivity contribution in [3.05, 3.63) is 0 Å². The molecule has 1 aliphatic carbocycles. The van der Waals surface area contributed by atoms with Crippen molar-refractivity contribution >= 4 is 11.9 Å². The van der Waals surface area contributed by atoms with Gasteiger partial charge in [-0.25, -0.2) is 4.79 Å². The van der Waals surface area contributed by atoms with E-state index in [9.17, 15) is 9.59 Å². The first kappa shape index (κ1) is 13.0. The number of rotatable bonds is 5. The lowest BCUT2D eigenvalue weighted by Crippen LogP contribution is -2.54. The van der Waals surface area contributed by atoms with Crippen molar-refractivity contribution in [3.63, 3.8) is 0 Å². The van der Waals surface area contributed by atoms with E-state index in [2.05, 4.69) is 5.32 Å². The van der Waals surface area contributed by atoms with Gasteiger partial charge in [0.2, 0.25) is 5.91 Å². The fraction of sp³-hybridized carbons (Fsp3) is 0.833. The van der Waals surface area contributed by atoms with Crippen molar-refractivity contribution in [1.82, 2.24) is 5.32 Å². The minimum atomic E-state index is -0.833. The number of carbonyl (C=O) groups excluding carboxylic acids is 2. The molecule has 0 aromatic rings. The highest BCUT2D eigenvalue weighted by molar-refractivity contribution is 5.87. The van der Waals surface area contributed by atoms with E-state index >= 15 is 0 Å². The molecule has 0 bridgehead atoms. The quantitative estimate of drug-likeness (QED) is 0.724. The molecule has 1 N–H and O–H groups in total. The van der Waals surface area contributed by atoms with E-state index in [0.29, 0.717) is 12.5 Å². The van der Waals surface area contributed by atoms with Crippen LogP contribution in [0.5, 0.6) is 0 Å². The van der Waals surface area contributed by atoms with E-state index in [1.807, 2.05) is 13.8 Å². The lowest BCUT2D eigenvalue weighted by molar-refractivity contribution is -0.155. The molecule has 1 rings (SSSR count). The fourth-order valence-corrected chi connectivity index (χ4v) is 1.74. The van der Waals surface area contributed by atoms with E-state index in [1.54, 1.807) is 6.92 Å². The van der Waals surface area contributed by atoms with Gasteiger partial charge in [0.1, 0.15) is 5.54 Å². The predicted octanol–water partition coefficient (Wildman–Crippen LogP) is 1.49. The molecule has 1 aliphatic rings. The van der Waals surface area contributed by atoms with Crippen molar-refractivity contribution in [2.45, 2.75) is 46.1 Å². The zero-order chi connectivity index (χ0) is 12.3. The molecule has 1 atom stereocenters. The Morgan fingerprint density at radius 2 is 2.00 bits per heavy atom. The van der Waals surface area contributed by atoms with E-state index in [-0.39, 0.29) is 17.8 Å². The number of nitrogens with one attached hydrogen (secondary N) is 1. The Morgan fingerprint density at radius 3 is 2.38 bits per heavy atom. The van der Waals surface area contributed by atoms with Crippen molar-refractivity contribution < 1.29 is 14.3 Å². The number of hydrogen-bond donors (Lipinski definition) is 1. The van der Waals surface area contributed by atoms with Gasteiger partial charge in [0.25, 0.3) is 0 Å². The van der Waals surface area contributed by atoms with Crippen LogP contribution in [-0.2, 0) is 14.3 Å². The van der Waals surface area contributed by atoms with Crippen molar-refractivity contribution in [2.75, 3.05) is 6.61 Å². The van der Waals surface area contributed by atoms with Crippen molar-refractivity contribution in [3.8, 4) is 0 Å². The van der Waals surface area contributed by atoms with Gasteiger partial charge in [-0.3, -0.25) is 4.79 Å². The second-order valence-electron chi connectivity index (χ2n) is 5.15. The molecule has 0 saturated heterocycles. The largest absolute Gasteiger partial charge is 0.464 e. The molecule has 0 heterocycles. The number of amides is 1. The van der Waals surface area contributed by atoms with Gasteiger partial charge in [0.05, 0.1) is 6.61 Å². The summed E-state index contributed by atoms with van der Waals surface area (Å²) in [5.74, 6) is 0.0515. The van der Waals surface area contributed by atoms with E-state index in [1.165, 1.54) is 6.92 Å². The SMILES string of the molecule is CC(=O)NC(C)(C(=O)OCC(C)C)C1CC1. The van der Waals surface area contributed by atoms with Gasteiger partial charge in [0, 0.05) is 6.92 Å². The Labute approximate surface area is 96.7 Å². The summed E-state index contributed by atoms with van der Waals surface area (Å²) >= 11 is 0. The topological polar surface area (TPSA) is 55.4 Å². The zero-order valence-electron chi connectivity index (χ0n) is 10.5. The molecule has 4 heteroatoms. The average Bonchev–Trinajstić information content (AvgIpc) is 2.95. The lowest BCUT2D eigenvalue weighted by atomic mass is 9.96. The van der Waals surface area contributed by atoms with Crippen molar-refractivity contribution in [2.24, 2.45) is 11.8 Å². The Morgan fingerprint density at radius 1 is 1.44 bits per heavy atom. The zero-order valence-corrected chi connectivity index (χ0v) is 10.5. The first-order valence-electron chi connectivity index (χ1n) is 5.82. The van der Waals surface area contributed by atoms with Crippen LogP contribution in [0.3, 0.4) is 0 Å². The standard InChI is InChI=1S/C12H21NO3/c1-8(2)7-16-11(15)12(4,10-5-6-10)13-9(3)14/h8,10H,5-7H2,1-4H3,(H,13,14). The summed E-state index contributed by atoms with van der Waals surface area (Å²) in [6.45, 7) is 7.56. The molecule has 1 unspecified atom stereocenters. The van der Waals surface area contributed by atoms with Crippen molar-refractivity contribution in [1.29, 1.82) is 0 Å². The summed E-state index contributed by atoms with van der Waals surface area (Å²) in [6, 6.07) is 0. The monoisotopic (exact) mass is 227 g/mol. The summed E-state index contributed by atoms with van der Waals surface area (Å²) in [5, 5.41) is 2.73. The molecular formula is C12H21NO3. The summed E-state index contributed by atoms with van der Waals surface area (Å²) in [6.07, 6.45) is 1.96. The number of esters is 1. The van der Waals surface area contributed by atoms with Gasteiger partial charge in [-0.05, 0) is 31.6 Å². The van der Waals surface area contributed by atoms with E-state index < -0.39 is 5.54 Å². The van der Waals surface area contributed by atoms with Crippen LogP contribution in [0.15, 0.2) is 0 Å². The molecule has 0 radical (unpaired) electrons. The molecule has 1 fully saturated rings. The van der Waals surface area contributed by atoms with Crippen LogP contribution in [0.2, 0.25) is 0 Å². The third-order valence-electron chi connectivity index (χ3n) is 2.80. The number of hydrogen-bond acceptors (Lipinski definition) is 3. The molecule has 92 valence electrons. The molecule has 0 aliphatic heterocycles. The van der Waals surface area contributed by atoms with Crippen LogP contribution in [0, 0.1) is 11.8 Å². The van der Waals surface area contributed by atoms with Gasteiger partial charge in [-0.2, -0.15) is 0 Å². The van der Waals surface area contributed by atoms with Gasteiger partial charge < -0.3 is 10.1 Å². The first-order valence-corrected chi connectivity index (χ1v) is 5.82. The van der Waals surface area contributed by atoms with E-state index in [0.717, 1.165) is 12.8 Å². The Kier molecular flexibility index (Phi) is 3.94. The molecular weight excluding hydrogens is 206 g/mol. The smallest absolute Gasteiger partial charge is 0.331 e. The average molecular weight is 227 g/mol. The molecule has 0 aromatic carbocycles. The Bertz CT molecular complexity index is 284. The summed E-state index contributed by atoms with van der Waals surface area (Å²) in [4.78, 5) is 23.1. The Hall–Kier alpha value is -1.06. The highest BCUT2D eigenvalue weighted by Crippen LogP contribution is 2.40. The summed E-state index contributed by atoms with van der Waals surface area (Å²) < 4.78 is 5.22. The van der Waals surface area contributed by atoms with Crippen LogP contribution in [0.25, 0.3) is 0 Å². The summed E-state index contributed by atoms with van der Waals surface area (Å²) in [7, 11) is 0. The molecule has 1 amide bonds. The van der Waals surface area contributed by atoms with E-state index in [4.69, 9.17) is 4.74 Å². The minimum absolute atomic E-state index is 0.184. The second kappa shape index (κ2) is 4.85. The second-order valence-corrected chi connectivity index (χ2v) is 5.15. The third kappa shape index (κ3) is 3.22. The fourth-order valence-electron chi connectivity index (χ4n) is 1.74. The first-order chi connectivity index (χ1) is 7.36. The third-order valence-corrected chi connectivity index (χ3v) is 2.80. The predicted molar refractivity (Wildman–Crippen MR) is 60.7 cm³/mol. The van der Waals surface area contributed by atoms with Crippen LogP contribution in [-0.4, -0.2) is 24.0 Å². The summed E-state index contributed by atoms with van der Waals surface area (Å²) in [5.41, 5.74) is -0.833. The van der Waals surface area contributed by atoms with Gasteiger partial charge in [-0.1, -0.05) is 13.8 Å². The molecule has 4 nitrogen and oxygen atoms in total. The number of ether oxygens (including phenoxy) is 1. The molecule has 0 spiro atoms. The Balaban J connectivity index is 2.61.